The van der Waals surface area contributed by atoms with Gasteiger partial charge < -0.3 is 4.74 Å². The second-order valence-corrected chi connectivity index (χ2v) is 9.37. The van der Waals surface area contributed by atoms with Gasteiger partial charge in [-0.25, -0.2) is 0 Å². The molecule has 0 amide bonds. The van der Waals surface area contributed by atoms with Crippen molar-refractivity contribution in [2.45, 2.75) is 85.7 Å². The van der Waals surface area contributed by atoms with Crippen molar-refractivity contribution in [3.63, 3.8) is 0 Å². The highest BCUT2D eigenvalue weighted by Crippen LogP contribution is 2.58. The van der Waals surface area contributed by atoms with Crippen molar-refractivity contribution >= 4 is 5.97 Å². The van der Waals surface area contributed by atoms with Crippen molar-refractivity contribution in [2.75, 3.05) is 0 Å². The number of hydrogen-bond donors (Lipinski definition) is 0. The van der Waals surface area contributed by atoms with Crippen LogP contribution in [0.4, 0.5) is 0 Å². The van der Waals surface area contributed by atoms with E-state index in [1.165, 1.54) is 44.6 Å². The van der Waals surface area contributed by atoms with E-state index in [4.69, 9.17) is 4.74 Å². The summed E-state index contributed by atoms with van der Waals surface area (Å²) in [4.78, 5) is 11.5. The van der Waals surface area contributed by atoms with Gasteiger partial charge in [0.15, 0.2) is 0 Å². The molecule has 0 saturated heterocycles. The molecular formula is C22H34O2. The summed E-state index contributed by atoms with van der Waals surface area (Å²) >= 11 is 0. The standard InChI is InChI=1S/C22H34O2/c1-14-7-8-17-13-19-15(2)20(24-16(3)23)10-12-22(19,6)11-9-18(14)21(17,4)5/h17,19-20H,2,7-13H2,1,3-6H3. The van der Waals surface area contributed by atoms with E-state index in [0.29, 0.717) is 22.7 Å². The maximum Gasteiger partial charge on any atom is 0.303 e. The number of fused-ring (bicyclic) bond motifs is 3. The summed E-state index contributed by atoms with van der Waals surface area (Å²) in [5, 5.41) is 0. The Bertz CT molecular complexity index is 583. The largest absolute Gasteiger partial charge is 0.458 e. The fraction of sp³-hybridized carbons (Fsp3) is 0.773. The summed E-state index contributed by atoms with van der Waals surface area (Å²) in [5.74, 6) is 1.03. The van der Waals surface area contributed by atoms with Crippen molar-refractivity contribution in [1.29, 1.82) is 0 Å². The number of ether oxygens (including phenoxy) is 1. The van der Waals surface area contributed by atoms with Crippen LogP contribution in [-0.2, 0) is 9.53 Å². The fourth-order valence-electron chi connectivity index (χ4n) is 5.90. The molecule has 4 atom stereocenters. The van der Waals surface area contributed by atoms with Crippen LogP contribution in [0.1, 0.15) is 79.6 Å². The second-order valence-electron chi connectivity index (χ2n) is 9.37. The Kier molecular flexibility index (Phi) is 4.47. The molecule has 3 rings (SSSR count). The first kappa shape index (κ1) is 17.8. The number of rotatable bonds is 1. The van der Waals surface area contributed by atoms with Crippen LogP contribution in [0.2, 0.25) is 0 Å². The summed E-state index contributed by atoms with van der Waals surface area (Å²) in [5.41, 5.74) is 5.17. The van der Waals surface area contributed by atoms with Gasteiger partial charge in [0.1, 0.15) is 6.10 Å². The number of carbonyl (C=O) groups excluding carboxylic acids is 1. The monoisotopic (exact) mass is 330 g/mol. The van der Waals surface area contributed by atoms with Crippen LogP contribution in [0, 0.1) is 22.7 Å². The molecule has 2 bridgehead atoms. The van der Waals surface area contributed by atoms with E-state index in [0.717, 1.165) is 12.8 Å². The molecule has 2 saturated carbocycles. The molecule has 0 N–H and O–H groups in total. The molecule has 0 aromatic rings. The Morgan fingerprint density at radius 2 is 1.88 bits per heavy atom. The van der Waals surface area contributed by atoms with Crippen LogP contribution in [0.5, 0.6) is 0 Å². The topological polar surface area (TPSA) is 26.3 Å². The SMILES string of the molecule is C=C1C(OC(C)=O)CCC2(C)CCC3=C(C)CCC(CC12)C3(C)C. The summed E-state index contributed by atoms with van der Waals surface area (Å²) < 4.78 is 5.59. The van der Waals surface area contributed by atoms with Crippen LogP contribution in [0.25, 0.3) is 0 Å². The lowest BCUT2D eigenvalue weighted by Gasteiger charge is -2.53. The number of allylic oxidation sites excluding steroid dienone is 2. The van der Waals surface area contributed by atoms with Crippen LogP contribution >= 0.6 is 0 Å². The third-order valence-corrected chi connectivity index (χ3v) is 7.64. The maximum absolute atomic E-state index is 11.5. The first-order valence-electron chi connectivity index (χ1n) is 9.70. The molecule has 3 aliphatic carbocycles. The third kappa shape index (κ3) is 2.86. The van der Waals surface area contributed by atoms with E-state index in [1.54, 1.807) is 11.1 Å². The molecule has 0 aromatic carbocycles. The first-order chi connectivity index (χ1) is 11.1. The van der Waals surface area contributed by atoms with Gasteiger partial charge in [-0.3, -0.25) is 4.79 Å². The average molecular weight is 331 g/mol. The van der Waals surface area contributed by atoms with Gasteiger partial charge in [0.25, 0.3) is 0 Å². The van der Waals surface area contributed by atoms with Crippen molar-refractivity contribution in [1.82, 2.24) is 0 Å². The van der Waals surface area contributed by atoms with E-state index in [-0.39, 0.29) is 12.1 Å². The highest BCUT2D eigenvalue weighted by atomic mass is 16.5. The summed E-state index contributed by atoms with van der Waals surface area (Å²) in [6, 6.07) is 0. The predicted molar refractivity (Wildman–Crippen MR) is 98.6 cm³/mol. The van der Waals surface area contributed by atoms with Gasteiger partial charge in [-0.05, 0) is 80.1 Å². The quantitative estimate of drug-likeness (QED) is 0.447. The van der Waals surface area contributed by atoms with Crippen LogP contribution in [0.3, 0.4) is 0 Å². The van der Waals surface area contributed by atoms with E-state index < -0.39 is 0 Å². The average Bonchev–Trinajstić information content (AvgIpc) is 2.47. The van der Waals surface area contributed by atoms with E-state index in [2.05, 4.69) is 34.3 Å². The molecule has 2 fully saturated rings. The van der Waals surface area contributed by atoms with Gasteiger partial charge >= 0.3 is 5.97 Å². The van der Waals surface area contributed by atoms with E-state index in [1.807, 2.05) is 0 Å². The fourth-order valence-corrected chi connectivity index (χ4v) is 5.90. The zero-order valence-electron chi connectivity index (χ0n) is 16.2. The zero-order valence-corrected chi connectivity index (χ0v) is 16.2. The smallest absolute Gasteiger partial charge is 0.303 e. The normalized spacial score (nSPS) is 38.9. The van der Waals surface area contributed by atoms with Gasteiger partial charge in [0.2, 0.25) is 0 Å². The Balaban J connectivity index is 1.92. The zero-order chi connectivity index (χ0) is 17.7. The Hall–Kier alpha value is -1.05. The molecule has 24 heavy (non-hydrogen) atoms. The molecule has 2 heteroatoms. The van der Waals surface area contributed by atoms with Gasteiger partial charge in [-0.2, -0.15) is 0 Å². The Morgan fingerprint density at radius 3 is 2.54 bits per heavy atom. The van der Waals surface area contributed by atoms with Crippen LogP contribution < -0.4 is 0 Å². The molecule has 0 aromatic heterocycles. The molecule has 134 valence electrons. The van der Waals surface area contributed by atoms with Crippen molar-refractivity contribution in [3.05, 3.63) is 23.3 Å². The Morgan fingerprint density at radius 1 is 1.17 bits per heavy atom. The first-order valence-corrected chi connectivity index (χ1v) is 9.70. The summed E-state index contributed by atoms with van der Waals surface area (Å²) in [6.45, 7) is 15.7. The minimum Gasteiger partial charge on any atom is -0.458 e. The molecule has 0 aliphatic heterocycles. The molecule has 3 aliphatic rings. The summed E-state index contributed by atoms with van der Waals surface area (Å²) in [7, 11) is 0. The molecule has 4 unspecified atom stereocenters. The molecular weight excluding hydrogens is 296 g/mol. The number of carbonyl (C=O) groups is 1. The highest BCUT2D eigenvalue weighted by molar-refractivity contribution is 5.66. The minimum absolute atomic E-state index is 0.0662. The summed E-state index contributed by atoms with van der Waals surface area (Å²) in [6.07, 6.45) is 8.25. The van der Waals surface area contributed by atoms with E-state index >= 15 is 0 Å². The number of hydrogen-bond acceptors (Lipinski definition) is 2. The van der Waals surface area contributed by atoms with Crippen molar-refractivity contribution in [2.24, 2.45) is 22.7 Å². The van der Waals surface area contributed by atoms with Crippen molar-refractivity contribution < 1.29 is 9.53 Å². The molecule has 0 heterocycles. The highest BCUT2D eigenvalue weighted by Gasteiger charge is 2.49. The van der Waals surface area contributed by atoms with E-state index in [9.17, 15) is 4.79 Å². The molecule has 2 nitrogen and oxygen atoms in total. The molecule has 0 spiro atoms. The Labute approximate surface area is 147 Å². The van der Waals surface area contributed by atoms with Crippen LogP contribution in [0.15, 0.2) is 23.3 Å². The van der Waals surface area contributed by atoms with Gasteiger partial charge in [0.05, 0.1) is 0 Å². The predicted octanol–water partition coefficient (Wildman–Crippen LogP) is 5.83. The molecule has 0 radical (unpaired) electrons. The van der Waals surface area contributed by atoms with Gasteiger partial charge in [0, 0.05) is 6.92 Å². The van der Waals surface area contributed by atoms with Crippen molar-refractivity contribution in [3.8, 4) is 0 Å². The van der Waals surface area contributed by atoms with Gasteiger partial charge in [-0.1, -0.05) is 38.5 Å². The lowest BCUT2D eigenvalue weighted by Crippen LogP contribution is -2.45. The maximum atomic E-state index is 11.5. The minimum atomic E-state index is -0.172. The lowest BCUT2D eigenvalue weighted by atomic mass is 9.52. The number of esters is 1. The second kappa shape index (κ2) is 6.04. The third-order valence-electron chi connectivity index (χ3n) is 7.64. The van der Waals surface area contributed by atoms with Gasteiger partial charge in [-0.15, -0.1) is 0 Å². The lowest BCUT2D eigenvalue weighted by molar-refractivity contribution is -0.147. The van der Waals surface area contributed by atoms with Crippen LogP contribution in [-0.4, -0.2) is 12.1 Å².